The van der Waals surface area contributed by atoms with E-state index in [0.29, 0.717) is 6.54 Å². The third-order valence-electron chi connectivity index (χ3n) is 4.78. The van der Waals surface area contributed by atoms with E-state index in [0.717, 1.165) is 23.1 Å². The zero-order valence-corrected chi connectivity index (χ0v) is 14.7. The van der Waals surface area contributed by atoms with Crippen molar-refractivity contribution in [3.63, 3.8) is 0 Å². The Labute approximate surface area is 153 Å². The van der Waals surface area contributed by atoms with Crippen molar-refractivity contribution in [3.05, 3.63) is 54.4 Å². The molecule has 1 aliphatic rings. The Bertz CT molecular complexity index is 786. The number of hydrogen-bond donors (Lipinski definition) is 2. The Morgan fingerprint density at radius 3 is 2.65 bits per heavy atom. The molecule has 6 nitrogen and oxygen atoms in total. The SMILES string of the molecule is CCCNC(=O)N1[C@H](C#N)[C@@H](c2ccc(-c3cccnc3)cc2)[C@@H]1CO. The van der Waals surface area contributed by atoms with Crippen LogP contribution in [0.1, 0.15) is 24.8 Å². The number of carbonyl (C=O) groups is 1. The van der Waals surface area contributed by atoms with Crippen LogP contribution >= 0.6 is 0 Å². The van der Waals surface area contributed by atoms with Crippen molar-refractivity contribution in [1.82, 2.24) is 15.2 Å². The molecule has 2 amide bonds. The van der Waals surface area contributed by atoms with Crippen molar-refractivity contribution in [1.29, 1.82) is 5.26 Å². The highest BCUT2D eigenvalue weighted by Crippen LogP contribution is 2.40. The van der Waals surface area contributed by atoms with Crippen LogP contribution in [-0.4, -0.2) is 46.3 Å². The summed E-state index contributed by atoms with van der Waals surface area (Å²) in [6, 6.07) is 12.7. The van der Waals surface area contributed by atoms with Gasteiger partial charge in [0.15, 0.2) is 0 Å². The third kappa shape index (κ3) is 3.26. The Hall–Kier alpha value is -2.91. The first-order chi connectivity index (χ1) is 12.7. The van der Waals surface area contributed by atoms with E-state index in [-0.39, 0.29) is 24.6 Å². The Morgan fingerprint density at radius 1 is 1.31 bits per heavy atom. The lowest BCUT2D eigenvalue weighted by Gasteiger charge is -2.51. The lowest BCUT2D eigenvalue weighted by atomic mass is 9.76. The summed E-state index contributed by atoms with van der Waals surface area (Å²) in [6.45, 7) is 2.34. The Kier molecular flexibility index (Phi) is 5.49. The number of rotatable bonds is 5. The first kappa shape index (κ1) is 17.9. The normalized spacial score (nSPS) is 21.6. The van der Waals surface area contributed by atoms with Gasteiger partial charge >= 0.3 is 6.03 Å². The van der Waals surface area contributed by atoms with Crippen molar-refractivity contribution in [2.75, 3.05) is 13.2 Å². The zero-order valence-electron chi connectivity index (χ0n) is 14.7. The minimum Gasteiger partial charge on any atom is -0.394 e. The summed E-state index contributed by atoms with van der Waals surface area (Å²) in [5.41, 5.74) is 3.00. The highest BCUT2D eigenvalue weighted by atomic mass is 16.3. The second-order valence-corrected chi connectivity index (χ2v) is 6.35. The quantitative estimate of drug-likeness (QED) is 0.867. The van der Waals surface area contributed by atoms with Crippen LogP contribution < -0.4 is 5.32 Å². The van der Waals surface area contributed by atoms with Crippen molar-refractivity contribution in [3.8, 4) is 17.2 Å². The van der Waals surface area contributed by atoms with Crippen molar-refractivity contribution >= 4 is 6.03 Å². The second-order valence-electron chi connectivity index (χ2n) is 6.35. The Balaban J connectivity index is 1.80. The van der Waals surface area contributed by atoms with Crippen LogP contribution in [-0.2, 0) is 0 Å². The largest absolute Gasteiger partial charge is 0.394 e. The molecule has 26 heavy (non-hydrogen) atoms. The lowest BCUT2D eigenvalue weighted by Crippen LogP contribution is -2.67. The number of pyridine rings is 1. The number of nitrogens with one attached hydrogen (secondary N) is 1. The number of hydrogen-bond acceptors (Lipinski definition) is 4. The first-order valence-corrected chi connectivity index (χ1v) is 8.78. The number of likely N-dealkylation sites (tertiary alicyclic amines) is 1. The number of aliphatic hydroxyl groups excluding tert-OH is 1. The molecule has 2 aromatic rings. The fraction of sp³-hybridized carbons (Fsp3) is 0.350. The molecule has 1 aromatic carbocycles. The molecule has 0 aliphatic carbocycles. The maximum atomic E-state index is 12.3. The van der Waals surface area contributed by atoms with Gasteiger partial charge in [-0.3, -0.25) is 4.98 Å². The highest BCUT2D eigenvalue weighted by Gasteiger charge is 2.51. The minimum atomic E-state index is -0.576. The van der Waals surface area contributed by atoms with Gasteiger partial charge in [-0.25, -0.2) is 4.79 Å². The number of carbonyl (C=O) groups excluding carboxylic acids is 1. The van der Waals surface area contributed by atoms with Gasteiger partial charge in [-0.05, 0) is 29.2 Å². The summed E-state index contributed by atoms with van der Waals surface area (Å²) in [4.78, 5) is 17.9. The van der Waals surface area contributed by atoms with Crippen LogP contribution in [0.3, 0.4) is 0 Å². The van der Waals surface area contributed by atoms with Crippen LogP contribution in [0, 0.1) is 11.3 Å². The number of aromatic nitrogens is 1. The van der Waals surface area contributed by atoms with Gasteiger partial charge in [0.05, 0.1) is 18.7 Å². The van der Waals surface area contributed by atoms with Gasteiger partial charge in [0, 0.05) is 24.9 Å². The molecule has 0 bridgehead atoms. The van der Waals surface area contributed by atoms with E-state index in [4.69, 9.17) is 0 Å². The molecule has 1 fully saturated rings. The summed E-state index contributed by atoms with van der Waals surface area (Å²) in [5, 5.41) is 22.1. The minimum absolute atomic E-state index is 0.174. The summed E-state index contributed by atoms with van der Waals surface area (Å²) >= 11 is 0. The first-order valence-electron chi connectivity index (χ1n) is 8.78. The molecule has 0 saturated carbocycles. The van der Waals surface area contributed by atoms with Gasteiger partial charge in [-0.1, -0.05) is 37.3 Å². The maximum absolute atomic E-state index is 12.3. The van der Waals surface area contributed by atoms with Crippen LogP contribution in [0.5, 0.6) is 0 Å². The summed E-state index contributed by atoms with van der Waals surface area (Å²) in [5.74, 6) is -0.194. The van der Waals surface area contributed by atoms with Crippen molar-refractivity contribution in [2.24, 2.45) is 0 Å². The topological polar surface area (TPSA) is 89.3 Å². The number of urea groups is 1. The third-order valence-corrected chi connectivity index (χ3v) is 4.78. The van der Waals surface area contributed by atoms with E-state index in [2.05, 4.69) is 16.4 Å². The number of amides is 2. The molecule has 0 radical (unpaired) electrons. The van der Waals surface area contributed by atoms with E-state index in [1.807, 2.05) is 43.3 Å². The van der Waals surface area contributed by atoms with Gasteiger partial charge in [-0.15, -0.1) is 0 Å². The molecule has 0 unspecified atom stereocenters. The standard InChI is InChI=1S/C20H22N4O2/c1-2-9-23-20(26)24-17(11-21)19(18(24)13-25)15-7-5-14(6-8-15)16-4-3-10-22-12-16/h3-8,10,12,17-19,25H,2,9,13H2,1H3,(H,23,26)/t17-,18+,19-/m1/s1. The Morgan fingerprint density at radius 2 is 2.08 bits per heavy atom. The van der Waals surface area contributed by atoms with E-state index < -0.39 is 6.04 Å². The van der Waals surface area contributed by atoms with Crippen LogP contribution in [0.15, 0.2) is 48.8 Å². The molecule has 3 atom stereocenters. The van der Waals surface area contributed by atoms with Gasteiger partial charge < -0.3 is 15.3 Å². The maximum Gasteiger partial charge on any atom is 0.318 e. The highest BCUT2D eigenvalue weighted by molar-refractivity contribution is 5.77. The van der Waals surface area contributed by atoms with Crippen LogP contribution in [0.4, 0.5) is 4.79 Å². The molecule has 3 rings (SSSR count). The average Bonchev–Trinajstić information content (AvgIpc) is 2.67. The van der Waals surface area contributed by atoms with E-state index in [1.54, 1.807) is 12.4 Å². The smallest absolute Gasteiger partial charge is 0.318 e. The molecule has 1 aliphatic heterocycles. The molecule has 2 N–H and O–H groups in total. The lowest BCUT2D eigenvalue weighted by molar-refractivity contribution is 0.0169. The summed E-state index contributed by atoms with van der Waals surface area (Å²) < 4.78 is 0. The number of aliphatic hydroxyl groups is 1. The monoisotopic (exact) mass is 350 g/mol. The fourth-order valence-corrected chi connectivity index (χ4v) is 3.44. The van der Waals surface area contributed by atoms with Gasteiger partial charge in [0.1, 0.15) is 6.04 Å². The predicted molar refractivity (Wildman–Crippen MR) is 98.2 cm³/mol. The fourth-order valence-electron chi connectivity index (χ4n) is 3.44. The number of benzene rings is 1. The van der Waals surface area contributed by atoms with Crippen molar-refractivity contribution < 1.29 is 9.90 Å². The summed E-state index contributed by atoms with van der Waals surface area (Å²) in [7, 11) is 0. The van der Waals surface area contributed by atoms with Crippen molar-refractivity contribution in [2.45, 2.75) is 31.3 Å². The van der Waals surface area contributed by atoms with Gasteiger partial charge in [0.25, 0.3) is 0 Å². The predicted octanol–water partition coefficient (Wildman–Crippen LogP) is 2.52. The van der Waals surface area contributed by atoms with E-state index in [1.165, 1.54) is 4.90 Å². The molecule has 6 heteroatoms. The molecule has 2 heterocycles. The van der Waals surface area contributed by atoms with Crippen LogP contribution in [0.25, 0.3) is 11.1 Å². The molecule has 1 saturated heterocycles. The number of nitrogens with zero attached hydrogens (tertiary/aromatic N) is 3. The number of nitriles is 1. The second kappa shape index (κ2) is 7.98. The molecule has 0 spiro atoms. The zero-order chi connectivity index (χ0) is 18.5. The molecule has 1 aromatic heterocycles. The summed E-state index contributed by atoms with van der Waals surface area (Å²) in [6.07, 6.45) is 4.35. The average molecular weight is 350 g/mol. The van der Waals surface area contributed by atoms with Crippen LogP contribution in [0.2, 0.25) is 0 Å². The van der Waals surface area contributed by atoms with Gasteiger partial charge in [0.2, 0.25) is 0 Å². The molecular formula is C20H22N4O2. The van der Waals surface area contributed by atoms with E-state index in [9.17, 15) is 15.2 Å². The molecular weight excluding hydrogens is 328 g/mol. The van der Waals surface area contributed by atoms with E-state index >= 15 is 0 Å². The molecule has 134 valence electrons. The van der Waals surface area contributed by atoms with Gasteiger partial charge in [-0.2, -0.15) is 5.26 Å².